The highest BCUT2D eigenvalue weighted by Crippen LogP contribution is 2.34. The zero-order valence-corrected chi connectivity index (χ0v) is 12.4. The lowest BCUT2D eigenvalue weighted by Gasteiger charge is -2.14. The third kappa shape index (κ3) is 2.67. The first-order chi connectivity index (χ1) is 9.65. The van der Waals surface area contributed by atoms with E-state index in [9.17, 15) is 4.57 Å². The van der Waals surface area contributed by atoms with Crippen molar-refractivity contribution in [1.29, 1.82) is 0 Å². The fourth-order valence-corrected chi connectivity index (χ4v) is 2.81. The quantitative estimate of drug-likeness (QED) is 0.649. The molecule has 8 nitrogen and oxygen atoms in total. The van der Waals surface area contributed by atoms with Gasteiger partial charge in [-0.15, -0.1) is 0 Å². The lowest BCUT2D eigenvalue weighted by Crippen LogP contribution is -2.15. The number of aromatic nitrogens is 4. The molecular weight excluding hydrogens is 301 g/mol. The summed E-state index contributed by atoms with van der Waals surface area (Å²) in [6.07, 6.45) is 4.39. The van der Waals surface area contributed by atoms with Crippen molar-refractivity contribution in [3.05, 3.63) is 12.7 Å². The first-order valence-corrected chi connectivity index (χ1v) is 8.70. The average molecular weight is 315 g/mol. The van der Waals surface area contributed by atoms with E-state index in [1.165, 1.54) is 6.33 Å². The summed E-state index contributed by atoms with van der Waals surface area (Å²) in [5, 5.41) is 0. The van der Waals surface area contributed by atoms with Crippen LogP contribution in [0.4, 0.5) is 5.82 Å². The van der Waals surface area contributed by atoms with Crippen LogP contribution in [0.15, 0.2) is 12.7 Å². The molecule has 10 heteroatoms. The molecule has 3 rings (SSSR count). The van der Waals surface area contributed by atoms with Crippen LogP contribution in [-0.4, -0.2) is 32.2 Å². The largest absolute Gasteiger partial charge is 0.382 e. The van der Waals surface area contributed by atoms with Crippen molar-refractivity contribution in [3.8, 4) is 0 Å². The Labute approximate surface area is 120 Å². The van der Waals surface area contributed by atoms with Crippen LogP contribution in [0.1, 0.15) is 19.1 Å². The highest BCUT2D eigenvalue weighted by Gasteiger charge is 2.28. The van der Waals surface area contributed by atoms with Crippen molar-refractivity contribution >= 4 is 36.5 Å². The van der Waals surface area contributed by atoms with Gasteiger partial charge in [-0.05, 0) is 12.8 Å². The Morgan fingerprint density at radius 2 is 2.35 bits per heavy atom. The normalized spacial score (nSPS) is 24.2. The van der Waals surface area contributed by atoms with E-state index in [0.717, 1.165) is 12.8 Å². The van der Waals surface area contributed by atoms with E-state index in [0.29, 0.717) is 17.0 Å². The molecule has 1 aliphatic rings. The molecule has 1 saturated heterocycles. The van der Waals surface area contributed by atoms with Gasteiger partial charge in [0.1, 0.15) is 18.1 Å². The fraction of sp³-hybridized carbons (Fsp3) is 0.500. The minimum Gasteiger partial charge on any atom is -0.382 e. The minimum atomic E-state index is -2.22. The van der Waals surface area contributed by atoms with Crippen LogP contribution in [-0.2, 0) is 13.8 Å². The molecule has 0 amide bonds. The van der Waals surface area contributed by atoms with Crippen LogP contribution < -0.4 is 5.73 Å². The minimum absolute atomic E-state index is 0.0993. The standard InChI is InChI=1S/C10H14N5O3PS/c11-9-8-10(13-4-12-9)15(5-14-8)7-2-1-6(18-7)3-17-19(16)20/h4-7,19H,1-3H2,(H,16,20)(H2,11,12,13)/t6-,7+/m0/s1. The first kappa shape index (κ1) is 13.8. The van der Waals surface area contributed by atoms with E-state index in [4.69, 9.17) is 15.0 Å². The van der Waals surface area contributed by atoms with E-state index in [2.05, 4.69) is 27.2 Å². The molecule has 2 aromatic rings. The highest BCUT2D eigenvalue weighted by atomic mass is 32.7. The van der Waals surface area contributed by atoms with Gasteiger partial charge in [-0.2, -0.15) is 0 Å². The Bertz CT molecular complexity index is 651. The van der Waals surface area contributed by atoms with Crippen LogP contribution in [0.2, 0.25) is 0 Å². The van der Waals surface area contributed by atoms with Gasteiger partial charge in [-0.3, -0.25) is 9.13 Å². The monoisotopic (exact) mass is 315 g/mol. The van der Waals surface area contributed by atoms with E-state index in [-0.39, 0.29) is 18.9 Å². The number of ether oxygens (including phenoxy) is 1. The van der Waals surface area contributed by atoms with Crippen LogP contribution in [0.3, 0.4) is 0 Å². The van der Waals surface area contributed by atoms with Gasteiger partial charge in [0.05, 0.1) is 19.0 Å². The maximum atomic E-state index is 10.8. The Morgan fingerprint density at radius 3 is 3.15 bits per heavy atom. The van der Waals surface area contributed by atoms with E-state index in [1.807, 2.05) is 4.57 Å². The molecule has 0 saturated carbocycles. The maximum Gasteiger partial charge on any atom is 0.243 e. The number of imidazole rings is 1. The molecule has 2 N–H and O–H groups in total. The average Bonchev–Trinajstić information content (AvgIpc) is 3.02. The molecule has 0 bridgehead atoms. The summed E-state index contributed by atoms with van der Waals surface area (Å²) in [5.41, 5.74) is 6.96. The summed E-state index contributed by atoms with van der Waals surface area (Å²) in [7, 11) is -2.22. The zero-order chi connectivity index (χ0) is 14.1. The molecule has 20 heavy (non-hydrogen) atoms. The number of anilines is 1. The number of hydrogen-bond acceptors (Lipinski definition) is 7. The molecule has 0 radical (unpaired) electrons. The smallest absolute Gasteiger partial charge is 0.243 e. The van der Waals surface area contributed by atoms with Gasteiger partial charge in [0.25, 0.3) is 0 Å². The number of nitrogen functional groups attached to an aromatic ring is 1. The van der Waals surface area contributed by atoms with Gasteiger partial charge >= 0.3 is 0 Å². The summed E-state index contributed by atoms with van der Waals surface area (Å²) in [6, 6.07) is 0. The van der Waals surface area contributed by atoms with Crippen molar-refractivity contribution in [2.24, 2.45) is 0 Å². The second kappa shape index (κ2) is 5.69. The SMILES string of the molecule is Nc1ncnc2c1ncn2[C@H]1CC[C@@H](CO[PH](=O)S)O1. The van der Waals surface area contributed by atoms with E-state index >= 15 is 0 Å². The summed E-state index contributed by atoms with van der Waals surface area (Å²) in [5.74, 6) is 0.348. The molecule has 3 heterocycles. The number of hydrogen-bond donors (Lipinski definition) is 2. The van der Waals surface area contributed by atoms with Gasteiger partial charge < -0.3 is 15.0 Å². The van der Waals surface area contributed by atoms with Crippen LogP contribution in [0.5, 0.6) is 0 Å². The maximum absolute atomic E-state index is 10.8. The summed E-state index contributed by atoms with van der Waals surface area (Å²) < 4.78 is 23.5. The molecular formula is C10H14N5O3PS. The van der Waals surface area contributed by atoms with Gasteiger partial charge in [-0.25, -0.2) is 15.0 Å². The summed E-state index contributed by atoms with van der Waals surface area (Å²) in [6.45, 7) is 0.279. The molecule has 108 valence electrons. The van der Waals surface area contributed by atoms with Crippen LogP contribution >= 0.6 is 19.5 Å². The molecule has 2 aromatic heterocycles. The van der Waals surface area contributed by atoms with Crippen LogP contribution in [0, 0.1) is 0 Å². The van der Waals surface area contributed by atoms with Crippen LogP contribution in [0.25, 0.3) is 11.2 Å². The van der Waals surface area contributed by atoms with E-state index in [1.54, 1.807) is 6.33 Å². The van der Waals surface area contributed by atoms with Crippen molar-refractivity contribution in [1.82, 2.24) is 19.5 Å². The molecule has 0 aromatic carbocycles. The Hall–Kier alpha value is -1.15. The second-order valence-corrected chi connectivity index (χ2v) is 6.37. The fourth-order valence-electron chi connectivity index (χ4n) is 2.26. The van der Waals surface area contributed by atoms with Crippen molar-refractivity contribution in [2.45, 2.75) is 25.2 Å². The molecule has 3 atom stereocenters. The van der Waals surface area contributed by atoms with Gasteiger partial charge in [0.2, 0.25) is 7.23 Å². The topological polar surface area (TPSA) is 105 Å². The Balaban J connectivity index is 1.76. The molecule has 1 aliphatic heterocycles. The number of nitrogens with zero attached hydrogens (tertiary/aromatic N) is 4. The first-order valence-electron chi connectivity index (χ1n) is 6.09. The van der Waals surface area contributed by atoms with Gasteiger partial charge in [0, 0.05) is 0 Å². The predicted octanol–water partition coefficient (Wildman–Crippen LogP) is 1.42. The van der Waals surface area contributed by atoms with Crippen molar-refractivity contribution < 1.29 is 13.8 Å². The number of fused-ring (bicyclic) bond motifs is 1. The Kier molecular flexibility index (Phi) is 3.93. The van der Waals surface area contributed by atoms with Gasteiger partial charge in [0.15, 0.2) is 11.5 Å². The number of thiol groups is 1. The molecule has 1 fully saturated rings. The number of rotatable bonds is 4. The lowest BCUT2D eigenvalue weighted by atomic mass is 10.2. The zero-order valence-electron chi connectivity index (χ0n) is 10.5. The lowest BCUT2D eigenvalue weighted by molar-refractivity contribution is -0.0142. The second-order valence-electron chi connectivity index (χ2n) is 4.45. The third-order valence-corrected chi connectivity index (χ3v) is 3.98. The van der Waals surface area contributed by atoms with Gasteiger partial charge in [-0.1, -0.05) is 12.2 Å². The van der Waals surface area contributed by atoms with Crippen molar-refractivity contribution in [3.63, 3.8) is 0 Å². The number of nitrogens with two attached hydrogens (primary N) is 1. The Morgan fingerprint density at radius 1 is 1.50 bits per heavy atom. The molecule has 0 aliphatic carbocycles. The molecule has 0 spiro atoms. The molecule has 1 unspecified atom stereocenters. The highest BCUT2D eigenvalue weighted by molar-refractivity contribution is 8.39. The van der Waals surface area contributed by atoms with E-state index < -0.39 is 7.23 Å². The summed E-state index contributed by atoms with van der Waals surface area (Å²) >= 11 is 3.74. The van der Waals surface area contributed by atoms with Crippen molar-refractivity contribution in [2.75, 3.05) is 12.3 Å². The summed E-state index contributed by atoms with van der Waals surface area (Å²) in [4.78, 5) is 12.3. The predicted molar refractivity (Wildman–Crippen MR) is 76.8 cm³/mol. The third-order valence-electron chi connectivity index (χ3n) is 3.18.